The van der Waals surface area contributed by atoms with Gasteiger partial charge in [-0.2, -0.15) is 13.2 Å². The maximum Gasteiger partial charge on any atom is 0.389 e. The second-order valence-corrected chi connectivity index (χ2v) is 7.33. The molecule has 23 heavy (non-hydrogen) atoms. The molecule has 1 saturated heterocycles. The van der Waals surface area contributed by atoms with E-state index in [0.29, 0.717) is 25.6 Å². The molecule has 0 amide bonds. The summed E-state index contributed by atoms with van der Waals surface area (Å²) < 4.78 is 48.1. The maximum atomic E-state index is 12.2. The van der Waals surface area contributed by atoms with Gasteiger partial charge in [-0.3, -0.25) is 0 Å². The summed E-state index contributed by atoms with van der Waals surface area (Å²) in [6, 6.07) is 0. The fraction of sp³-hybridized carbons (Fsp3) is 1.00. The fourth-order valence-corrected chi connectivity index (χ4v) is 3.83. The topological polar surface area (TPSA) is 18.5 Å². The Morgan fingerprint density at radius 2 is 1.48 bits per heavy atom. The highest BCUT2D eigenvalue weighted by Crippen LogP contribution is 2.36. The zero-order valence-corrected chi connectivity index (χ0v) is 14.2. The first-order chi connectivity index (χ1) is 11.0. The minimum atomic E-state index is -4.05. The van der Waals surface area contributed by atoms with Crippen LogP contribution in [0.15, 0.2) is 0 Å². The molecule has 0 aromatic carbocycles. The Hall–Kier alpha value is -0.290. The van der Waals surface area contributed by atoms with Gasteiger partial charge >= 0.3 is 6.18 Å². The largest absolute Gasteiger partial charge is 0.389 e. The molecule has 136 valence electrons. The highest BCUT2D eigenvalue weighted by atomic mass is 19.4. The molecule has 0 N–H and O–H groups in total. The van der Waals surface area contributed by atoms with Gasteiger partial charge in [0, 0.05) is 18.3 Å². The molecule has 0 atom stereocenters. The first-order valence-corrected chi connectivity index (χ1v) is 9.28. The Labute approximate surface area is 138 Å². The Bertz CT molecular complexity index is 317. The molecular weight excluding hydrogens is 305 g/mol. The average Bonchev–Trinajstić information content (AvgIpc) is 2.53. The second kappa shape index (κ2) is 9.26. The normalized spacial score (nSPS) is 32.9. The van der Waals surface area contributed by atoms with Crippen molar-refractivity contribution >= 4 is 0 Å². The van der Waals surface area contributed by atoms with E-state index in [2.05, 4.69) is 6.92 Å². The van der Waals surface area contributed by atoms with Crippen molar-refractivity contribution in [2.45, 2.75) is 83.6 Å². The minimum Gasteiger partial charge on any atom is -0.352 e. The van der Waals surface area contributed by atoms with E-state index in [-0.39, 0.29) is 18.6 Å². The van der Waals surface area contributed by atoms with E-state index in [9.17, 15) is 13.2 Å². The van der Waals surface area contributed by atoms with E-state index in [4.69, 9.17) is 9.47 Å². The predicted octanol–water partition coefficient (Wildman–Crippen LogP) is 5.70. The van der Waals surface area contributed by atoms with Crippen molar-refractivity contribution in [1.82, 2.24) is 0 Å². The van der Waals surface area contributed by atoms with Crippen LogP contribution in [0.1, 0.15) is 71.1 Å². The zero-order valence-electron chi connectivity index (χ0n) is 14.2. The minimum absolute atomic E-state index is 0.120. The summed E-state index contributed by atoms with van der Waals surface area (Å²) in [5.74, 6) is 1.46. The molecule has 0 aromatic heterocycles. The third-order valence-electron chi connectivity index (χ3n) is 5.31. The van der Waals surface area contributed by atoms with Gasteiger partial charge in [0.25, 0.3) is 0 Å². The second-order valence-electron chi connectivity index (χ2n) is 7.33. The Morgan fingerprint density at radius 3 is 2.04 bits per heavy atom. The number of ether oxygens (including phenoxy) is 2. The molecule has 1 saturated carbocycles. The summed E-state index contributed by atoms with van der Waals surface area (Å²) in [6.07, 6.45) is 4.64. The van der Waals surface area contributed by atoms with Gasteiger partial charge in [0.15, 0.2) is 6.29 Å². The number of alkyl halides is 3. The number of hydrogen-bond acceptors (Lipinski definition) is 2. The van der Waals surface area contributed by atoms with Crippen LogP contribution in [-0.4, -0.2) is 25.7 Å². The average molecular weight is 336 g/mol. The number of unbranched alkanes of at least 4 members (excludes halogenated alkanes) is 1. The third kappa shape index (κ3) is 7.00. The molecular formula is C18H31F3O2. The van der Waals surface area contributed by atoms with Crippen molar-refractivity contribution < 1.29 is 22.6 Å². The van der Waals surface area contributed by atoms with Crippen LogP contribution in [-0.2, 0) is 9.47 Å². The Balaban J connectivity index is 1.60. The molecule has 2 fully saturated rings. The SMILES string of the molecule is CCCCC1CCC(C2OCC(CCCC(F)(F)F)CO2)CC1. The van der Waals surface area contributed by atoms with Crippen LogP contribution in [0.4, 0.5) is 13.2 Å². The van der Waals surface area contributed by atoms with Crippen LogP contribution in [0.2, 0.25) is 0 Å². The molecule has 1 aliphatic carbocycles. The first kappa shape index (κ1) is 19.0. The molecule has 0 bridgehead atoms. The van der Waals surface area contributed by atoms with Crippen molar-refractivity contribution in [3.05, 3.63) is 0 Å². The van der Waals surface area contributed by atoms with Gasteiger partial charge in [-0.25, -0.2) is 0 Å². The van der Waals surface area contributed by atoms with Crippen LogP contribution in [0.25, 0.3) is 0 Å². The molecule has 1 heterocycles. The highest BCUT2D eigenvalue weighted by molar-refractivity contribution is 4.77. The molecule has 5 heteroatoms. The van der Waals surface area contributed by atoms with Gasteiger partial charge in [-0.1, -0.05) is 26.2 Å². The lowest BCUT2D eigenvalue weighted by Crippen LogP contribution is -2.38. The predicted molar refractivity (Wildman–Crippen MR) is 84.1 cm³/mol. The molecule has 0 spiro atoms. The zero-order chi connectivity index (χ0) is 16.7. The van der Waals surface area contributed by atoms with Crippen molar-refractivity contribution in [1.29, 1.82) is 0 Å². The smallest absolute Gasteiger partial charge is 0.352 e. The third-order valence-corrected chi connectivity index (χ3v) is 5.31. The molecule has 2 rings (SSSR count). The lowest BCUT2D eigenvalue weighted by molar-refractivity contribution is -0.230. The van der Waals surface area contributed by atoms with Gasteiger partial charge in [-0.15, -0.1) is 0 Å². The van der Waals surface area contributed by atoms with Crippen LogP contribution < -0.4 is 0 Å². The lowest BCUT2D eigenvalue weighted by Gasteiger charge is -2.37. The molecule has 0 radical (unpaired) electrons. The quantitative estimate of drug-likeness (QED) is 0.593. The monoisotopic (exact) mass is 336 g/mol. The summed E-state index contributed by atoms with van der Waals surface area (Å²) >= 11 is 0. The number of hydrogen-bond donors (Lipinski definition) is 0. The summed E-state index contributed by atoms with van der Waals surface area (Å²) in [4.78, 5) is 0. The highest BCUT2D eigenvalue weighted by Gasteiger charge is 2.33. The summed E-state index contributed by atoms with van der Waals surface area (Å²) in [5, 5.41) is 0. The van der Waals surface area contributed by atoms with E-state index < -0.39 is 12.6 Å². The van der Waals surface area contributed by atoms with E-state index >= 15 is 0 Å². The molecule has 0 unspecified atom stereocenters. The molecule has 2 nitrogen and oxygen atoms in total. The van der Waals surface area contributed by atoms with Gasteiger partial charge in [0.2, 0.25) is 0 Å². The summed E-state index contributed by atoms with van der Waals surface area (Å²) in [6.45, 7) is 3.34. The van der Waals surface area contributed by atoms with E-state index in [1.54, 1.807) is 0 Å². The maximum absolute atomic E-state index is 12.2. The van der Waals surface area contributed by atoms with Crippen molar-refractivity contribution in [3.63, 3.8) is 0 Å². The van der Waals surface area contributed by atoms with Gasteiger partial charge in [0.1, 0.15) is 0 Å². The standard InChI is InChI=1S/C18H31F3O2/c1-2-3-5-14-7-9-16(10-8-14)17-22-12-15(13-23-17)6-4-11-18(19,20)21/h14-17H,2-13H2,1H3. The van der Waals surface area contributed by atoms with Gasteiger partial charge in [0.05, 0.1) is 13.2 Å². The lowest BCUT2D eigenvalue weighted by atomic mass is 9.79. The fourth-order valence-electron chi connectivity index (χ4n) is 3.83. The Kier molecular flexibility index (Phi) is 7.67. The van der Waals surface area contributed by atoms with E-state index in [1.165, 1.54) is 32.1 Å². The molecule has 1 aliphatic heterocycles. The summed E-state index contributed by atoms with van der Waals surface area (Å²) in [5.41, 5.74) is 0. The van der Waals surface area contributed by atoms with Crippen LogP contribution in [0, 0.1) is 17.8 Å². The van der Waals surface area contributed by atoms with Crippen LogP contribution in [0.5, 0.6) is 0 Å². The first-order valence-electron chi connectivity index (χ1n) is 9.28. The number of halogens is 3. The van der Waals surface area contributed by atoms with E-state index in [1.807, 2.05) is 0 Å². The number of rotatable bonds is 7. The van der Waals surface area contributed by atoms with E-state index in [0.717, 1.165) is 18.8 Å². The molecule has 0 aromatic rings. The molecule has 2 aliphatic rings. The van der Waals surface area contributed by atoms with Crippen LogP contribution in [0.3, 0.4) is 0 Å². The van der Waals surface area contributed by atoms with Crippen molar-refractivity contribution in [2.24, 2.45) is 17.8 Å². The Morgan fingerprint density at radius 1 is 0.870 bits per heavy atom. The van der Waals surface area contributed by atoms with Gasteiger partial charge in [-0.05, 0) is 44.4 Å². The van der Waals surface area contributed by atoms with Crippen LogP contribution >= 0.6 is 0 Å². The van der Waals surface area contributed by atoms with Crippen molar-refractivity contribution in [3.8, 4) is 0 Å². The van der Waals surface area contributed by atoms with Crippen molar-refractivity contribution in [2.75, 3.05) is 13.2 Å². The van der Waals surface area contributed by atoms with Gasteiger partial charge < -0.3 is 9.47 Å². The summed E-state index contributed by atoms with van der Waals surface area (Å²) in [7, 11) is 0.